The smallest absolute Gasteiger partial charge is 0.224 e. The van der Waals surface area contributed by atoms with Crippen LogP contribution in [0.4, 0.5) is 4.39 Å². The van der Waals surface area contributed by atoms with Crippen LogP contribution in [0.3, 0.4) is 0 Å². The summed E-state index contributed by atoms with van der Waals surface area (Å²) >= 11 is 5.75. The first-order valence-electron chi connectivity index (χ1n) is 4.69. The Morgan fingerprint density at radius 2 is 2.12 bits per heavy atom. The van der Waals surface area contributed by atoms with Crippen molar-refractivity contribution in [3.05, 3.63) is 34.6 Å². The van der Waals surface area contributed by atoms with Crippen molar-refractivity contribution in [2.24, 2.45) is 0 Å². The van der Waals surface area contributed by atoms with Crippen LogP contribution in [0.25, 0.3) is 0 Å². The second-order valence-electron chi connectivity index (χ2n) is 3.36. The van der Waals surface area contributed by atoms with Gasteiger partial charge < -0.3 is 5.32 Å². The molecule has 0 saturated heterocycles. The van der Waals surface area contributed by atoms with Crippen molar-refractivity contribution in [1.82, 2.24) is 5.32 Å². The van der Waals surface area contributed by atoms with E-state index in [9.17, 15) is 14.0 Å². The number of nitrogens with one attached hydrogen (secondary N) is 1. The van der Waals surface area contributed by atoms with Crippen molar-refractivity contribution in [3.63, 3.8) is 0 Å². The maximum absolute atomic E-state index is 13.3. The van der Waals surface area contributed by atoms with Crippen LogP contribution in [-0.4, -0.2) is 18.2 Å². The number of carbonyl (C=O) groups excluding carboxylic acids is 2. The van der Waals surface area contributed by atoms with Gasteiger partial charge in [0, 0.05) is 10.6 Å². The van der Waals surface area contributed by atoms with Gasteiger partial charge in [0.1, 0.15) is 11.6 Å². The number of carbonyl (C=O) groups is 2. The predicted octanol–water partition coefficient (Wildman–Crippen LogP) is 1.73. The molecule has 0 fully saturated rings. The van der Waals surface area contributed by atoms with Gasteiger partial charge in [-0.15, -0.1) is 0 Å². The Morgan fingerprint density at radius 3 is 2.69 bits per heavy atom. The van der Waals surface area contributed by atoms with Gasteiger partial charge in [0.05, 0.1) is 13.0 Å². The van der Waals surface area contributed by atoms with E-state index >= 15 is 0 Å². The van der Waals surface area contributed by atoms with Crippen LogP contribution in [0.5, 0.6) is 0 Å². The molecule has 0 saturated carbocycles. The van der Waals surface area contributed by atoms with Crippen LogP contribution >= 0.6 is 11.6 Å². The van der Waals surface area contributed by atoms with Gasteiger partial charge in [-0.3, -0.25) is 9.59 Å². The highest BCUT2D eigenvalue weighted by atomic mass is 35.5. The summed E-state index contributed by atoms with van der Waals surface area (Å²) in [7, 11) is 0. The molecule has 0 atom stereocenters. The summed E-state index contributed by atoms with van der Waals surface area (Å²) in [6, 6.07) is 4.21. The first-order chi connectivity index (χ1) is 7.50. The average Bonchev–Trinajstić information content (AvgIpc) is 2.21. The highest BCUT2D eigenvalue weighted by Crippen LogP contribution is 2.19. The fourth-order valence-corrected chi connectivity index (χ4v) is 1.38. The van der Waals surface area contributed by atoms with Gasteiger partial charge in [-0.1, -0.05) is 17.7 Å². The van der Waals surface area contributed by atoms with Crippen molar-refractivity contribution >= 4 is 23.3 Å². The van der Waals surface area contributed by atoms with E-state index in [4.69, 9.17) is 11.6 Å². The SMILES string of the molecule is CC(=O)CNC(=O)Cc1c(F)cccc1Cl. The van der Waals surface area contributed by atoms with Crippen molar-refractivity contribution < 1.29 is 14.0 Å². The molecule has 0 spiro atoms. The molecule has 3 nitrogen and oxygen atoms in total. The number of benzene rings is 1. The molecule has 1 aromatic carbocycles. The standard InChI is InChI=1S/C11H11ClFNO2/c1-7(15)6-14-11(16)5-8-9(12)3-2-4-10(8)13/h2-4H,5-6H2,1H3,(H,14,16). The van der Waals surface area contributed by atoms with Gasteiger partial charge in [-0.05, 0) is 19.1 Å². The molecule has 1 N–H and O–H groups in total. The van der Waals surface area contributed by atoms with Crippen LogP contribution in [0.2, 0.25) is 5.02 Å². The van der Waals surface area contributed by atoms with E-state index in [0.717, 1.165) is 0 Å². The molecule has 0 heterocycles. The zero-order chi connectivity index (χ0) is 12.1. The van der Waals surface area contributed by atoms with E-state index in [-0.39, 0.29) is 29.3 Å². The monoisotopic (exact) mass is 243 g/mol. The fraction of sp³-hybridized carbons (Fsp3) is 0.273. The summed E-state index contributed by atoms with van der Waals surface area (Å²) < 4.78 is 13.3. The Labute approximate surface area is 97.6 Å². The number of rotatable bonds is 4. The van der Waals surface area contributed by atoms with E-state index in [1.165, 1.54) is 25.1 Å². The van der Waals surface area contributed by atoms with E-state index in [1.54, 1.807) is 0 Å². The van der Waals surface area contributed by atoms with Crippen molar-refractivity contribution in [3.8, 4) is 0 Å². The lowest BCUT2D eigenvalue weighted by Crippen LogP contribution is -2.29. The normalized spacial score (nSPS) is 9.94. The summed E-state index contributed by atoms with van der Waals surface area (Å²) in [5, 5.41) is 2.58. The van der Waals surface area contributed by atoms with E-state index in [1.807, 2.05) is 0 Å². The second kappa shape index (κ2) is 5.61. The third-order valence-electron chi connectivity index (χ3n) is 1.93. The first kappa shape index (κ1) is 12.6. The third-order valence-corrected chi connectivity index (χ3v) is 2.29. The Hall–Kier alpha value is -1.42. The number of ketones is 1. The van der Waals surface area contributed by atoms with Crippen LogP contribution in [0.1, 0.15) is 12.5 Å². The summed E-state index contributed by atoms with van der Waals surface area (Å²) in [5.41, 5.74) is 0.144. The van der Waals surface area contributed by atoms with Crippen LogP contribution in [0, 0.1) is 5.82 Å². The third kappa shape index (κ3) is 3.62. The molecule has 0 bridgehead atoms. The highest BCUT2D eigenvalue weighted by molar-refractivity contribution is 6.31. The number of halogens is 2. The zero-order valence-corrected chi connectivity index (χ0v) is 9.47. The van der Waals surface area contributed by atoms with Gasteiger partial charge in [0.25, 0.3) is 0 Å². The quantitative estimate of drug-likeness (QED) is 0.875. The van der Waals surface area contributed by atoms with Crippen molar-refractivity contribution in [1.29, 1.82) is 0 Å². The van der Waals surface area contributed by atoms with Gasteiger partial charge in [0.15, 0.2) is 0 Å². The maximum Gasteiger partial charge on any atom is 0.224 e. The molecule has 0 aromatic heterocycles. The van der Waals surface area contributed by atoms with Crippen LogP contribution in [-0.2, 0) is 16.0 Å². The Bertz CT molecular complexity index is 400. The average molecular weight is 244 g/mol. The fourth-order valence-electron chi connectivity index (χ4n) is 1.15. The Kier molecular flexibility index (Phi) is 4.43. The summed E-state index contributed by atoms with van der Waals surface area (Å²) in [5.74, 6) is -1.11. The topological polar surface area (TPSA) is 46.2 Å². The van der Waals surface area contributed by atoms with Crippen LogP contribution < -0.4 is 5.32 Å². The van der Waals surface area contributed by atoms with E-state index < -0.39 is 11.7 Å². The van der Waals surface area contributed by atoms with Crippen LogP contribution in [0.15, 0.2) is 18.2 Å². The number of Topliss-reactive ketones (excluding diaryl/α,β-unsaturated/α-hetero) is 1. The van der Waals surface area contributed by atoms with E-state index in [2.05, 4.69) is 5.32 Å². The Balaban J connectivity index is 2.66. The molecule has 0 aliphatic rings. The first-order valence-corrected chi connectivity index (χ1v) is 5.07. The number of amides is 1. The zero-order valence-electron chi connectivity index (χ0n) is 8.72. The van der Waals surface area contributed by atoms with Gasteiger partial charge in [-0.2, -0.15) is 0 Å². The summed E-state index contributed by atoms with van der Waals surface area (Å²) in [4.78, 5) is 22.0. The lowest BCUT2D eigenvalue weighted by atomic mass is 10.1. The Morgan fingerprint density at radius 1 is 1.44 bits per heavy atom. The lowest BCUT2D eigenvalue weighted by Gasteiger charge is -2.06. The molecular weight excluding hydrogens is 233 g/mol. The van der Waals surface area contributed by atoms with Gasteiger partial charge in [-0.25, -0.2) is 4.39 Å². The molecule has 0 aliphatic carbocycles. The molecule has 16 heavy (non-hydrogen) atoms. The molecule has 0 aliphatic heterocycles. The molecule has 1 aromatic rings. The summed E-state index contributed by atoms with van der Waals surface area (Å²) in [6.07, 6.45) is -0.168. The molecule has 1 amide bonds. The molecule has 0 unspecified atom stereocenters. The minimum atomic E-state index is -0.523. The van der Waals surface area contributed by atoms with Gasteiger partial charge in [0.2, 0.25) is 5.91 Å². The largest absolute Gasteiger partial charge is 0.349 e. The van der Waals surface area contributed by atoms with Crippen molar-refractivity contribution in [2.45, 2.75) is 13.3 Å². The minimum absolute atomic E-state index is 0.0507. The number of hydrogen-bond acceptors (Lipinski definition) is 2. The highest BCUT2D eigenvalue weighted by Gasteiger charge is 2.11. The molecule has 5 heteroatoms. The second-order valence-corrected chi connectivity index (χ2v) is 3.76. The summed E-state index contributed by atoms with van der Waals surface area (Å²) in [6.45, 7) is 1.31. The predicted molar refractivity (Wildman–Crippen MR) is 58.8 cm³/mol. The molecule has 86 valence electrons. The molecular formula is C11H11ClFNO2. The van der Waals surface area contributed by atoms with E-state index in [0.29, 0.717) is 0 Å². The molecule has 0 radical (unpaired) electrons. The lowest BCUT2D eigenvalue weighted by molar-refractivity contribution is -0.124. The maximum atomic E-state index is 13.3. The molecule has 1 rings (SSSR count). The number of hydrogen-bond donors (Lipinski definition) is 1. The minimum Gasteiger partial charge on any atom is -0.349 e. The van der Waals surface area contributed by atoms with Crippen molar-refractivity contribution in [2.75, 3.05) is 6.54 Å². The van der Waals surface area contributed by atoms with Gasteiger partial charge >= 0.3 is 0 Å².